The van der Waals surface area contributed by atoms with E-state index >= 15 is 0 Å². The second-order valence-electron chi connectivity index (χ2n) is 2.62. The first kappa shape index (κ1) is 6.41. The zero-order chi connectivity index (χ0) is 5.98. The topological polar surface area (TPSA) is 0 Å². The average Bonchev–Trinajstić information content (AvgIpc) is 1.62. The van der Waals surface area contributed by atoms with Gasteiger partial charge in [-0.3, -0.25) is 0 Å². The molecule has 0 saturated heterocycles. The maximum absolute atomic E-state index is 5.97. The molecule has 1 unspecified atom stereocenters. The maximum Gasteiger partial charge on any atom is 0.0361 e. The van der Waals surface area contributed by atoms with Gasteiger partial charge in [0.1, 0.15) is 0 Å². The number of hydrogen-bond acceptors (Lipinski definition) is 0. The second kappa shape index (κ2) is 2.72. The minimum Gasteiger partial charge on any atom is -0.123 e. The smallest absolute Gasteiger partial charge is 0.0361 e. The van der Waals surface area contributed by atoms with Gasteiger partial charge in [0.15, 0.2) is 0 Å². The quantitative estimate of drug-likeness (QED) is 0.507. The van der Waals surface area contributed by atoms with Crippen molar-refractivity contribution >= 4 is 11.6 Å². The lowest BCUT2D eigenvalue weighted by atomic mass is 9.82. The molecule has 0 spiro atoms. The van der Waals surface area contributed by atoms with Crippen LogP contribution < -0.4 is 0 Å². The molecule has 0 heterocycles. The standard InChI is InChI=1S/C7H13Cl/c1-2-7(8)6-4-3-5-6/h6-7H,2-5H2,1H3. The van der Waals surface area contributed by atoms with Gasteiger partial charge in [0.25, 0.3) is 0 Å². The van der Waals surface area contributed by atoms with Crippen LogP contribution >= 0.6 is 11.6 Å². The van der Waals surface area contributed by atoms with Crippen LogP contribution in [0.1, 0.15) is 32.6 Å². The molecule has 1 saturated carbocycles. The molecule has 0 aromatic rings. The Balaban J connectivity index is 2.13. The molecule has 0 aromatic heterocycles. The Morgan fingerprint density at radius 3 is 2.38 bits per heavy atom. The van der Waals surface area contributed by atoms with E-state index in [9.17, 15) is 0 Å². The third kappa shape index (κ3) is 1.17. The summed E-state index contributed by atoms with van der Waals surface area (Å²) < 4.78 is 0. The maximum atomic E-state index is 5.97. The van der Waals surface area contributed by atoms with Crippen molar-refractivity contribution in [1.82, 2.24) is 0 Å². The molecule has 1 aliphatic rings. The molecule has 1 fully saturated rings. The first-order chi connectivity index (χ1) is 3.84. The lowest BCUT2D eigenvalue weighted by molar-refractivity contribution is 0.299. The van der Waals surface area contributed by atoms with Crippen LogP contribution in [0, 0.1) is 5.92 Å². The number of halogens is 1. The summed E-state index contributed by atoms with van der Waals surface area (Å²) in [6.45, 7) is 2.16. The summed E-state index contributed by atoms with van der Waals surface area (Å²) in [6.07, 6.45) is 5.31. The van der Waals surface area contributed by atoms with Crippen LogP contribution in [0.5, 0.6) is 0 Å². The Labute approximate surface area is 56.2 Å². The van der Waals surface area contributed by atoms with Crippen LogP contribution in [0.4, 0.5) is 0 Å². The van der Waals surface area contributed by atoms with E-state index in [1.807, 2.05) is 0 Å². The van der Waals surface area contributed by atoms with E-state index in [1.165, 1.54) is 19.3 Å². The Bertz CT molecular complexity index is 64.0. The summed E-state index contributed by atoms with van der Waals surface area (Å²) >= 11 is 5.97. The molecule has 0 nitrogen and oxygen atoms in total. The van der Waals surface area contributed by atoms with Crippen molar-refractivity contribution in [3.63, 3.8) is 0 Å². The number of rotatable bonds is 2. The fourth-order valence-electron chi connectivity index (χ4n) is 1.13. The molecule has 0 bridgehead atoms. The first-order valence-electron chi connectivity index (χ1n) is 3.48. The van der Waals surface area contributed by atoms with Crippen LogP contribution in [0.2, 0.25) is 0 Å². The SMILES string of the molecule is CCC(Cl)C1CCC1. The van der Waals surface area contributed by atoms with Gasteiger partial charge in [-0.2, -0.15) is 0 Å². The van der Waals surface area contributed by atoms with Crippen LogP contribution in [-0.4, -0.2) is 5.38 Å². The van der Waals surface area contributed by atoms with Gasteiger partial charge in [0.05, 0.1) is 0 Å². The summed E-state index contributed by atoms with van der Waals surface area (Å²) in [4.78, 5) is 0. The van der Waals surface area contributed by atoms with E-state index in [0.29, 0.717) is 5.38 Å². The monoisotopic (exact) mass is 132 g/mol. The van der Waals surface area contributed by atoms with Crippen molar-refractivity contribution < 1.29 is 0 Å². The minimum atomic E-state index is 0.476. The predicted octanol–water partition coefficient (Wildman–Crippen LogP) is 2.80. The van der Waals surface area contributed by atoms with Crippen LogP contribution in [0.3, 0.4) is 0 Å². The van der Waals surface area contributed by atoms with Crippen molar-refractivity contribution in [3.8, 4) is 0 Å². The van der Waals surface area contributed by atoms with Crippen molar-refractivity contribution in [2.24, 2.45) is 5.92 Å². The van der Waals surface area contributed by atoms with Crippen LogP contribution in [-0.2, 0) is 0 Å². The van der Waals surface area contributed by atoms with Crippen molar-refractivity contribution in [2.75, 3.05) is 0 Å². The molecular weight excluding hydrogens is 120 g/mol. The molecule has 1 atom stereocenters. The second-order valence-corrected chi connectivity index (χ2v) is 3.18. The third-order valence-corrected chi connectivity index (χ3v) is 2.72. The van der Waals surface area contributed by atoms with E-state index in [0.717, 1.165) is 12.3 Å². The van der Waals surface area contributed by atoms with Gasteiger partial charge < -0.3 is 0 Å². The minimum absolute atomic E-state index is 0.476. The average molecular weight is 133 g/mol. The van der Waals surface area contributed by atoms with Crippen molar-refractivity contribution in [2.45, 2.75) is 38.0 Å². The fraction of sp³-hybridized carbons (Fsp3) is 1.00. The Morgan fingerprint density at radius 2 is 2.25 bits per heavy atom. The van der Waals surface area contributed by atoms with Gasteiger partial charge in [-0.25, -0.2) is 0 Å². The van der Waals surface area contributed by atoms with E-state index in [2.05, 4.69) is 6.92 Å². The Morgan fingerprint density at radius 1 is 1.62 bits per heavy atom. The van der Waals surface area contributed by atoms with Crippen LogP contribution in [0.15, 0.2) is 0 Å². The van der Waals surface area contributed by atoms with E-state index in [1.54, 1.807) is 0 Å². The molecule has 8 heavy (non-hydrogen) atoms. The lowest BCUT2D eigenvalue weighted by Crippen LogP contribution is -2.21. The highest BCUT2D eigenvalue weighted by molar-refractivity contribution is 6.20. The lowest BCUT2D eigenvalue weighted by Gasteiger charge is -2.28. The Hall–Kier alpha value is 0.290. The molecule has 1 rings (SSSR count). The molecule has 0 radical (unpaired) electrons. The van der Waals surface area contributed by atoms with Gasteiger partial charge >= 0.3 is 0 Å². The highest BCUT2D eigenvalue weighted by Crippen LogP contribution is 2.33. The zero-order valence-corrected chi connectivity index (χ0v) is 6.12. The molecular formula is C7H13Cl. The van der Waals surface area contributed by atoms with Crippen LogP contribution in [0.25, 0.3) is 0 Å². The third-order valence-electron chi connectivity index (χ3n) is 2.05. The van der Waals surface area contributed by atoms with Gasteiger partial charge in [0, 0.05) is 5.38 Å². The zero-order valence-electron chi connectivity index (χ0n) is 5.36. The fourth-order valence-corrected chi connectivity index (χ4v) is 1.39. The summed E-state index contributed by atoms with van der Waals surface area (Å²) in [5.74, 6) is 0.863. The predicted molar refractivity (Wildman–Crippen MR) is 37.3 cm³/mol. The first-order valence-corrected chi connectivity index (χ1v) is 3.92. The summed E-state index contributed by atoms with van der Waals surface area (Å²) in [7, 11) is 0. The number of hydrogen-bond donors (Lipinski definition) is 0. The molecule has 0 N–H and O–H groups in total. The number of alkyl halides is 1. The van der Waals surface area contributed by atoms with Gasteiger partial charge in [-0.15, -0.1) is 11.6 Å². The van der Waals surface area contributed by atoms with Crippen molar-refractivity contribution in [3.05, 3.63) is 0 Å². The van der Waals surface area contributed by atoms with E-state index in [-0.39, 0.29) is 0 Å². The molecule has 0 aliphatic heterocycles. The summed E-state index contributed by atoms with van der Waals surface area (Å²) in [6, 6.07) is 0. The normalized spacial score (nSPS) is 24.8. The summed E-state index contributed by atoms with van der Waals surface area (Å²) in [5.41, 5.74) is 0. The molecule has 1 aliphatic carbocycles. The summed E-state index contributed by atoms with van der Waals surface area (Å²) in [5, 5.41) is 0.476. The van der Waals surface area contributed by atoms with Crippen molar-refractivity contribution in [1.29, 1.82) is 0 Å². The highest BCUT2D eigenvalue weighted by Gasteiger charge is 2.23. The van der Waals surface area contributed by atoms with E-state index in [4.69, 9.17) is 11.6 Å². The largest absolute Gasteiger partial charge is 0.123 e. The van der Waals surface area contributed by atoms with Gasteiger partial charge in [-0.05, 0) is 25.2 Å². The molecule has 48 valence electrons. The molecule has 0 aromatic carbocycles. The van der Waals surface area contributed by atoms with Gasteiger partial charge in [0.2, 0.25) is 0 Å². The Kier molecular flexibility index (Phi) is 2.18. The van der Waals surface area contributed by atoms with Gasteiger partial charge in [-0.1, -0.05) is 13.3 Å². The molecule has 0 amide bonds. The molecule has 1 heteroatoms. The highest BCUT2D eigenvalue weighted by atomic mass is 35.5. The van der Waals surface area contributed by atoms with E-state index < -0.39 is 0 Å².